The molecule has 0 fully saturated rings. The average Bonchev–Trinajstić information content (AvgIpc) is 3.28. The predicted octanol–water partition coefficient (Wildman–Crippen LogP) is 6.95. The van der Waals surface area contributed by atoms with Gasteiger partial charge in [0.05, 0.1) is 19.8 Å². The highest BCUT2D eigenvalue weighted by Crippen LogP contribution is 2.45. The van der Waals surface area contributed by atoms with Crippen molar-refractivity contribution in [3.05, 3.63) is 78.1 Å². The van der Waals surface area contributed by atoms with E-state index in [0.717, 1.165) is 49.7 Å². The summed E-state index contributed by atoms with van der Waals surface area (Å²) in [5, 5.41) is 10.3. The van der Waals surface area contributed by atoms with Crippen LogP contribution in [0, 0.1) is 0 Å². The molecule has 2 aromatic heterocycles. The molecule has 0 unspecified atom stereocenters. The van der Waals surface area contributed by atoms with Crippen LogP contribution >= 0.6 is 11.3 Å². The summed E-state index contributed by atoms with van der Waals surface area (Å²) in [5.74, 6) is 1.41. The molecule has 0 atom stereocenters. The first kappa shape index (κ1) is 23.0. The van der Waals surface area contributed by atoms with Gasteiger partial charge in [0, 0.05) is 32.8 Å². The summed E-state index contributed by atoms with van der Waals surface area (Å²) >= 11 is 1.73. The Hall–Kier alpha value is -3.15. The molecule has 0 amide bonds. The van der Waals surface area contributed by atoms with E-state index in [9.17, 15) is 5.11 Å². The first-order valence-corrected chi connectivity index (χ1v) is 11.8. The number of nitrogens with zero attached hydrogens (tertiary/aromatic N) is 1. The first-order valence-electron chi connectivity index (χ1n) is 11.0. The molecule has 0 radical (unpaired) electrons. The van der Waals surface area contributed by atoms with Crippen LogP contribution in [0.2, 0.25) is 0 Å². The maximum Gasteiger partial charge on any atom is 0.161 e. The van der Waals surface area contributed by atoms with Gasteiger partial charge in [-0.25, -0.2) is 0 Å². The standard InChI is InChI=1S/C28H29NO3S/c1-6-22-13-9-20(17-29-22)23-16-26(19-10-14-24(31-4)25(15-19)32-5)33-27(23)18-7-11-21(12-8-18)28(2,3)30/h7-17,30H,6H2,1-5H3. The van der Waals surface area contributed by atoms with E-state index in [1.54, 1.807) is 39.4 Å². The van der Waals surface area contributed by atoms with Crippen molar-refractivity contribution < 1.29 is 14.6 Å². The Morgan fingerprint density at radius 3 is 2.09 bits per heavy atom. The van der Waals surface area contributed by atoms with Crippen LogP contribution in [0.25, 0.3) is 32.0 Å². The van der Waals surface area contributed by atoms with E-state index in [2.05, 4.69) is 48.3 Å². The number of methoxy groups -OCH3 is 2. The highest BCUT2D eigenvalue weighted by Gasteiger charge is 2.19. The third-order valence-corrected chi connectivity index (χ3v) is 6.98. The zero-order valence-electron chi connectivity index (χ0n) is 19.7. The van der Waals surface area contributed by atoms with Gasteiger partial charge in [-0.2, -0.15) is 0 Å². The maximum atomic E-state index is 10.3. The van der Waals surface area contributed by atoms with Crippen LogP contribution in [0.1, 0.15) is 32.0 Å². The van der Waals surface area contributed by atoms with Gasteiger partial charge in [-0.3, -0.25) is 4.98 Å². The minimum absolute atomic E-state index is 0.704. The van der Waals surface area contributed by atoms with Crippen molar-refractivity contribution in [3.8, 4) is 43.5 Å². The highest BCUT2D eigenvalue weighted by atomic mass is 32.1. The zero-order valence-corrected chi connectivity index (χ0v) is 20.5. The molecule has 0 aliphatic carbocycles. The molecule has 170 valence electrons. The Morgan fingerprint density at radius 1 is 0.848 bits per heavy atom. The Labute approximate surface area is 199 Å². The molecule has 4 aromatic rings. The van der Waals surface area contributed by atoms with E-state index < -0.39 is 5.60 Å². The Morgan fingerprint density at radius 2 is 1.52 bits per heavy atom. The Bertz CT molecular complexity index is 1240. The number of aromatic nitrogens is 1. The lowest BCUT2D eigenvalue weighted by atomic mass is 9.96. The van der Waals surface area contributed by atoms with Crippen LogP contribution in [0.15, 0.2) is 66.9 Å². The van der Waals surface area contributed by atoms with Crippen molar-refractivity contribution in [1.29, 1.82) is 0 Å². The number of aliphatic hydroxyl groups is 1. The maximum absolute atomic E-state index is 10.3. The van der Waals surface area contributed by atoms with Crippen LogP contribution in [-0.4, -0.2) is 24.3 Å². The number of pyridine rings is 1. The second-order valence-corrected chi connectivity index (χ2v) is 9.50. The van der Waals surface area contributed by atoms with Gasteiger partial charge in [-0.05, 0) is 67.3 Å². The summed E-state index contributed by atoms with van der Waals surface area (Å²) in [6.07, 6.45) is 2.86. The molecular weight excluding hydrogens is 430 g/mol. The predicted molar refractivity (Wildman–Crippen MR) is 136 cm³/mol. The number of hydrogen-bond acceptors (Lipinski definition) is 5. The van der Waals surface area contributed by atoms with Gasteiger partial charge >= 0.3 is 0 Å². The summed E-state index contributed by atoms with van der Waals surface area (Å²) in [7, 11) is 3.29. The fourth-order valence-corrected chi connectivity index (χ4v) is 4.96. The number of rotatable bonds is 7. The minimum atomic E-state index is -0.873. The summed E-state index contributed by atoms with van der Waals surface area (Å²) in [5.41, 5.74) is 5.48. The van der Waals surface area contributed by atoms with E-state index in [-0.39, 0.29) is 0 Å². The SMILES string of the molecule is CCc1ccc(-c2cc(-c3ccc(OC)c(OC)c3)sc2-c2ccc(C(C)(C)O)cc2)cn1. The quantitative estimate of drug-likeness (QED) is 0.325. The van der Waals surface area contributed by atoms with E-state index in [0.29, 0.717) is 11.5 Å². The third kappa shape index (κ3) is 4.80. The highest BCUT2D eigenvalue weighted by molar-refractivity contribution is 7.19. The molecule has 4 rings (SSSR count). The van der Waals surface area contributed by atoms with Gasteiger partial charge in [0.2, 0.25) is 0 Å². The third-order valence-electron chi connectivity index (χ3n) is 5.75. The van der Waals surface area contributed by atoms with Crippen LogP contribution < -0.4 is 9.47 Å². The minimum Gasteiger partial charge on any atom is -0.493 e. The van der Waals surface area contributed by atoms with Crippen molar-refractivity contribution in [2.24, 2.45) is 0 Å². The summed E-state index contributed by atoms with van der Waals surface area (Å²) in [6, 6.07) is 20.6. The topological polar surface area (TPSA) is 51.6 Å². The van der Waals surface area contributed by atoms with Crippen molar-refractivity contribution in [3.63, 3.8) is 0 Å². The molecule has 0 spiro atoms. The van der Waals surface area contributed by atoms with E-state index in [4.69, 9.17) is 9.47 Å². The molecule has 0 saturated carbocycles. The van der Waals surface area contributed by atoms with Gasteiger partial charge in [0.15, 0.2) is 11.5 Å². The molecule has 2 aromatic carbocycles. The molecule has 0 aliphatic rings. The van der Waals surface area contributed by atoms with Gasteiger partial charge in [-0.15, -0.1) is 11.3 Å². The summed E-state index contributed by atoms with van der Waals surface area (Å²) < 4.78 is 10.9. The zero-order chi connectivity index (χ0) is 23.6. The van der Waals surface area contributed by atoms with Gasteiger partial charge in [0.1, 0.15) is 0 Å². The molecular formula is C28H29NO3S. The number of thiophene rings is 1. The van der Waals surface area contributed by atoms with Crippen LogP contribution in [0.4, 0.5) is 0 Å². The largest absolute Gasteiger partial charge is 0.493 e. The average molecular weight is 460 g/mol. The molecule has 1 N–H and O–H groups in total. The number of benzene rings is 2. The summed E-state index contributed by atoms with van der Waals surface area (Å²) in [6.45, 7) is 5.71. The van der Waals surface area contributed by atoms with Crippen LogP contribution in [0.5, 0.6) is 11.5 Å². The molecule has 0 saturated heterocycles. The van der Waals surface area contributed by atoms with E-state index >= 15 is 0 Å². The van der Waals surface area contributed by atoms with Crippen molar-refractivity contribution >= 4 is 11.3 Å². The number of ether oxygens (including phenoxy) is 2. The monoisotopic (exact) mass is 459 g/mol. The molecule has 0 aliphatic heterocycles. The van der Waals surface area contributed by atoms with E-state index in [1.165, 1.54) is 0 Å². The number of hydrogen-bond donors (Lipinski definition) is 1. The van der Waals surface area contributed by atoms with Gasteiger partial charge in [0.25, 0.3) is 0 Å². The lowest BCUT2D eigenvalue weighted by molar-refractivity contribution is 0.0786. The summed E-state index contributed by atoms with van der Waals surface area (Å²) in [4.78, 5) is 6.91. The first-order chi connectivity index (χ1) is 15.8. The fraction of sp³-hybridized carbons (Fsp3) is 0.250. The van der Waals surface area contributed by atoms with Gasteiger partial charge < -0.3 is 14.6 Å². The lowest BCUT2D eigenvalue weighted by Gasteiger charge is -2.18. The molecule has 0 bridgehead atoms. The van der Waals surface area contributed by atoms with Crippen molar-refractivity contribution in [2.75, 3.05) is 14.2 Å². The Balaban J connectivity index is 1.84. The molecule has 4 nitrogen and oxygen atoms in total. The lowest BCUT2D eigenvalue weighted by Crippen LogP contribution is -2.14. The van der Waals surface area contributed by atoms with Crippen LogP contribution in [-0.2, 0) is 12.0 Å². The second-order valence-electron chi connectivity index (χ2n) is 8.45. The molecule has 33 heavy (non-hydrogen) atoms. The van der Waals surface area contributed by atoms with Crippen molar-refractivity contribution in [1.82, 2.24) is 4.98 Å². The van der Waals surface area contributed by atoms with Crippen molar-refractivity contribution in [2.45, 2.75) is 32.8 Å². The molecule has 2 heterocycles. The van der Waals surface area contributed by atoms with Gasteiger partial charge in [-0.1, -0.05) is 37.3 Å². The fourth-order valence-electron chi connectivity index (χ4n) is 3.77. The molecule has 5 heteroatoms. The van der Waals surface area contributed by atoms with Crippen LogP contribution in [0.3, 0.4) is 0 Å². The normalized spacial score (nSPS) is 11.5. The number of aryl methyl sites for hydroxylation is 1. The Kier molecular flexibility index (Phi) is 6.54. The second kappa shape index (κ2) is 9.38. The smallest absolute Gasteiger partial charge is 0.161 e. The van der Waals surface area contributed by atoms with E-state index in [1.807, 2.05) is 30.5 Å².